The van der Waals surface area contributed by atoms with Gasteiger partial charge in [0, 0.05) is 16.8 Å². The third-order valence-electron chi connectivity index (χ3n) is 3.11. The Bertz CT molecular complexity index is 529. The second kappa shape index (κ2) is 6.54. The van der Waals surface area contributed by atoms with Crippen LogP contribution in [0, 0.1) is 0 Å². The van der Waals surface area contributed by atoms with Crippen molar-refractivity contribution in [3.05, 3.63) is 72.8 Å². The van der Waals surface area contributed by atoms with Crippen molar-refractivity contribution >= 4 is 17.8 Å². The molecular formula is C17H19OP. The van der Waals surface area contributed by atoms with Crippen LogP contribution in [0.1, 0.15) is 13.3 Å². The van der Waals surface area contributed by atoms with Gasteiger partial charge in [0.15, 0.2) is 0 Å². The van der Waals surface area contributed by atoms with Gasteiger partial charge in [-0.15, -0.1) is 0 Å². The van der Waals surface area contributed by atoms with E-state index in [1.165, 1.54) is 0 Å². The average Bonchev–Trinajstić information content (AvgIpc) is 2.49. The first-order chi connectivity index (χ1) is 9.27. The minimum absolute atomic E-state index is 0.592. The Morgan fingerprint density at radius 2 is 1.32 bits per heavy atom. The van der Waals surface area contributed by atoms with E-state index in [1.807, 2.05) is 66.7 Å². The molecule has 2 rings (SSSR count). The van der Waals surface area contributed by atoms with E-state index in [9.17, 15) is 4.57 Å². The van der Waals surface area contributed by atoms with Gasteiger partial charge >= 0.3 is 0 Å². The van der Waals surface area contributed by atoms with Crippen molar-refractivity contribution in [1.29, 1.82) is 0 Å². The number of rotatable bonds is 5. The molecule has 2 aromatic carbocycles. The topological polar surface area (TPSA) is 17.1 Å². The average molecular weight is 270 g/mol. The lowest BCUT2D eigenvalue weighted by Crippen LogP contribution is -2.17. The first-order valence-corrected chi connectivity index (χ1v) is 8.52. The molecule has 0 radical (unpaired) electrons. The third-order valence-corrected chi connectivity index (χ3v) is 6.10. The number of hydrogen-bond acceptors (Lipinski definition) is 1. The van der Waals surface area contributed by atoms with Crippen molar-refractivity contribution < 1.29 is 4.57 Å². The summed E-state index contributed by atoms with van der Waals surface area (Å²) in [7, 11) is -2.54. The Kier molecular flexibility index (Phi) is 4.76. The van der Waals surface area contributed by atoms with E-state index >= 15 is 0 Å². The molecule has 0 heterocycles. The molecule has 0 aliphatic rings. The maximum Gasteiger partial charge on any atom is 0.146 e. The maximum absolute atomic E-state index is 13.4. The highest BCUT2D eigenvalue weighted by atomic mass is 31.2. The summed E-state index contributed by atoms with van der Waals surface area (Å²) in [5.74, 6) is 0. The lowest BCUT2D eigenvalue weighted by molar-refractivity contribution is 0.588. The first kappa shape index (κ1) is 13.8. The van der Waals surface area contributed by atoms with Crippen LogP contribution in [-0.2, 0) is 4.57 Å². The molecule has 0 aromatic heterocycles. The summed E-state index contributed by atoms with van der Waals surface area (Å²) in [6.07, 6.45) is 5.69. The van der Waals surface area contributed by atoms with Gasteiger partial charge in [0.25, 0.3) is 0 Å². The van der Waals surface area contributed by atoms with Gasteiger partial charge in [-0.25, -0.2) is 0 Å². The van der Waals surface area contributed by atoms with Crippen LogP contribution in [0.5, 0.6) is 0 Å². The summed E-state index contributed by atoms with van der Waals surface area (Å²) in [4.78, 5) is 0. The summed E-state index contributed by atoms with van der Waals surface area (Å²) in [5, 5.41) is 1.86. The van der Waals surface area contributed by atoms with Crippen molar-refractivity contribution in [3.8, 4) is 0 Å². The van der Waals surface area contributed by atoms with Crippen LogP contribution in [0.3, 0.4) is 0 Å². The monoisotopic (exact) mass is 270 g/mol. The van der Waals surface area contributed by atoms with Crippen LogP contribution >= 0.6 is 7.14 Å². The van der Waals surface area contributed by atoms with Crippen LogP contribution < -0.4 is 10.6 Å². The standard InChI is InChI=1S/C17H19OP/c1-2-3-10-15-19(18,16-11-6-4-7-12-16)17-13-8-5-9-14-17/h3-14H,2,15H2,1H3/b10-3-. The van der Waals surface area contributed by atoms with Crippen LogP contribution in [-0.4, -0.2) is 6.16 Å². The molecule has 0 N–H and O–H groups in total. The summed E-state index contributed by atoms with van der Waals surface area (Å²) in [6, 6.07) is 19.6. The summed E-state index contributed by atoms with van der Waals surface area (Å²) >= 11 is 0. The maximum atomic E-state index is 13.4. The molecule has 0 amide bonds. The highest BCUT2D eigenvalue weighted by Gasteiger charge is 2.25. The van der Waals surface area contributed by atoms with Crippen molar-refractivity contribution in [2.45, 2.75) is 13.3 Å². The van der Waals surface area contributed by atoms with Crippen LogP contribution in [0.25, 0.3) is 0 Å². The fraction of sp³-hybridized carbons (Fsp3) is 0.176. The molecule has 0 spiro atoms. The molecule has 0 bridgehead atoms. The van der Waals surface area contributed by atoms with Crippen LogP contribution in [0.2, 0.25) is 0 Å². The van der Waals surface area contributed by atoms with Gasteiger partial charge in [0.2, 0.25) is 0 Å². The third kappa shape index (κ3) is 3.24. The lowest BCUT2D eigenvalue weighted by Gasteiger charge is -2.17. The Hall–Kier alpha value is -1.59. The molecule has 0 atom stereocenters. The highest BCUT2D eigenvalue weighted by molar-refractivity contribution is 7.78. The fourth-order valence-electron chi connectivity index (χ4n) is 2.09. The molecule has 1 nitrogen and oxygen atoms in total. The minimum Gasteiger partial charge on any atom is -0.313 e. The second-order valence-corrected chi connectivity index (χ2v) is 7.35. The zero-order chi connectivity index (χ0) is 13.6. The summed E-state index contributed by atoms with van der Waals surface area (Å²) < 4.78 is 13.4. The van der Waals surface area contributed by atoms with Gasteiger partial charge in [0.1, 0.15) is 7.14 Å². The molecule has 0 saturated carbocycles. The number of allylic oxidation sites excluding steroid dienone is 2. The van der Waals surface area contributed by atoms with Crippen molar-refractivity contribution in [1.82, 2.24) is 0 Å². The van der Waals surface area contributed by atoms with Crippen molar-refractivity contribution in [2.24, 2.45) is 0 Å². The molecule has 98 valence electrons. The molecule has 0 unspecified atom stereocenters. The van der Waals surface area contributed by atoms with Gasteiger partial charge in [-0.3, -0.25) is 0 Å². The van der Waals surface area contributed by atoms with E-state index in [4.69, 9.17) is 0 Å². The second-order valence-electron chi connectivity index (χ2n) is 4.47. The van der Waals surface area contributed by atoms with E-state index in [0.29, 0.717) is 6.16 Å². The SMILES string of the molecule is CC/C=C\CP(=O)(c1ccccc1)c1ccccc1. The van der Waals surface area contributed by atoms with Crippen molar-refractivity contribution in [3.63, 3.8) is 0 Å². The Morgan fingerprint density at radius 1 is 0.842 bits per heavy atom. The van der Waals surface area contributed by atoms with Gasteiger partial charge in [-0.2, -0.15) is 0 Å². The first-order valence-electron chi connectivity index (χ1n) is 6.62. The van der Waals surface area contributed by atoms with E-state index in [1.54, 1.807) is 0 Å². The van der Waals surface area contributed by atoms with Gasteiger partial charge in [0.05, 0.1) is 0 Å². The molecule has 2 aromatic rings. The van der Waals surface area contributed by atoms with E-state index in [-0.39, 0.29) is 0 Å². The predicted molar refractivity (Wildman–Crippen MR) is 84.1 cm³/mol. The lowest BCUT2D eigenvalue weighted by atomic mass is 10.4. The summed E-state index contributed by atoms with van der Waals surface area (Å²) in [5.41, 5.74) is 0. The van der Waals surface area contributed by atoms with E-state index < -0.39 is 7.14 Å². The molecule has 2 heteroatoms. The fourth-order valence-corrected chi connectivity index (χ4v) is 4.56. The van der Waals surface area contributed by atoms with Crippen molar-refractivity contribution in [2.75, 3.05) is 6.16 Å². The molecule has 19 heavy (non-hydrogen) atoms. The van der Waals surface area contributed by atoms with Gasteiger partial charge < -0.3 is 4.57 Å². The number of hydrogen-bond donors (Lipinski definition) is 0. The largest absolute Gasteiger partial charge is 0.313 e. The highest BCUT2D eigenvalue weighted by Crippen LogP contribution is 2.43. The molecule has 0 fully saturated rings. The normalized spacial score (nSPS) is 11.8. The van der Waals surface area contributed by atoms with Gasteiger partial charge in [-0.1, -0.05) is 79.7 Å². The Balaban J connectivity index is 2.45. The van der Waals surface area contributed by atoms with Crippen LogP contribution in [0.4, 0.5) is 0 Å². The molecule has 0 aliphatic carbocycles. The van der Waals surface area contributed by atoms with E-state index in [2.05, 4.69) is 13.0 Å². The number of benzene rings is 2. The van der Waals surface area contributed by atoms with E-state index in [0.717, 1.165) is 17.0 Å². The zero-order valence-corrected chi connectivity index (χ0v) is 12.1. The smallest absolute Gasteiger partial charge is 0.146 e. The zero-order valence-electron chi connectivity index (χ0n) is 11.2. The minimum atomic E-state index is -2.54. The Labute approximate surface area is 115 Å². The van der Waals surface area contributed by atoms with Crippen LogP contribution in [0.15, 0.2) is 72.8 Å². The quantitative estimate of drug-likeness (QED) is 0.593. The molecular weight excluding hydrogens is 251 g/mol. The summed E-state index contributed by atoms with van der Waals surface area (Å²) in [6.45, 7) is 2.09. The molecule has 0 saturated heterocycles. The van der Waals surface area contributed by atoms with Gasteiger partial charge in [-0.05, 0) is 6.42 Å². The molecule has 0 aliphatic heterocycles. The predicted octanol–water partition coefficient (Wildman–Crippen LogP) is 3.97. The Morgan fingerprint density at radius 3 is 1.74 bits per heavy atom.